The summed E-state index contributed by atoms with van der Waals surface area (Å²) < 4.78 is 27.0. The smallest absolute Gasteiger partial charge is 0.243 e. The molecule has 0 unspecified atom stereocenters. The second-order valence-corrected chi connectivity index (χ2v) is 7.41. The number of benzene rings is 1. The van der Waals surface area contributed by atoms with Crippen molar-refractivity contribution in [1.29, 1.82) is 0 Å². The van der Waals surface area contributed by atoms with Crippen LogP contribution in [0.25, 0.3) is 0 Å². The van der Waals surface area contributed by atoms with Crippen molar-refractivity contribution in [2.75, 3.05) is 13.1 Å². The Morgan fingerprint density at radius 2 is 1.71 bits per heavy atom. The van der Waals surface area contributed by atoms with Crippen LogP contribution in [0.3, 0.4) is 0 Å². The summed E-state index contributed by atoms with van der Waals surface area (Å²) in [7, 11) is -3.48. The Hall–Kier alpha value is -0.620. The van der Waals surface area contributed by atoms with Gasteiger partial charge in [-0.3, -0.25) is 0 Å². The number of unbranched alkanes of at least 4 members (excludes halogenated alkanes) is 2. The van der Waals surface area contributed by atoms with E-state index in [9.17, 15) is 8.42 Å². The maximum absolute atomic E-state index is 12.7. The monoisotopic (exact) mass is 332 g/mol. The molecule has 0 saturated heterocycles. The molecule has 1 rings (SSSR count). The van der Waals surface area contributed by atoms with Gasteiger partial charge in [-0.25, -0.2) is 8.42 Å². The average molecular weight is 333 g/mol. The highest BCUT2D eigenvalue weighted by Crippen LogP contribution is 2.23. The number of nitrogens with zero attached hydrogens (tertiary/aromatic N) is 1. The Kier molecular flexibility index (Phi) is 7.66. The van der Waals surface area contributed by atoms with Crippen molar-refractivity contribution in [2.24, 2.45) is 5.73 Å². The molecule has 0 fully saturated rings. The van der Waals surface area contributed by atoms with Crippen molar-refractivity contribution in [3.05, 3.63) is 28.8 Å². The first kappa shape index (κ1) is 18.4. The summed E-state index contributed by atoms with van der Waals surface area (Å²) in [5.41, 5.74) is 6.31. The molecule has 0 aliphatic rings. The van der Waals surface area contributed by atoms with Gasteiger partial charge in [-0.1, -0.05) is 44.4 Å². The fraction of sp³-hybridized carbons (Fsp3) is 0.600. The van der Waals surface area contributed by atoms with Gasteiger partial charge in [0.25, 0.3) is 0 Å². The summed E-state index contributed by atoms with van der Waals surface area (Å²) in [6.45, 7) is 5.51. The SMILES string of the molecule is CCCCN(CCCC)S(=O)(=O)c1ccc(CN)c(Cl)c1. The van der Waals surface area contributed by atoms with E-state index in [-0.39, 0.29) is 4.90 Å². The summed E-state index contributed by atoms with van der Waals surface area (Å²) in [4.78, 5) is 0.247. The van der Waals surface area contributed by atoms with Crippen LogP contribution in [0.4, 0.5) is 0 Å². The summed E-state index contributed by atoms with van der Waals surface area (Å²) >= 11 is 6.09. The van der Waals surface area contributed by atoms with Gasteiger partial charge in [0.15, 0.2) is 0 Å². The quantitative estimate of drug-likeness (QED) is 0.754. The van der Waals surface area contributed by atoms with Crippen molar-refractivity contribution >= 4 is 21.6 Å². The predicted molar refractivity (Wildman–Crippen MR) is 87.9 cm³/mol. The lowest BCUT2D eigenvalue weighted by atomic mass is 10.2. The minimum atomic E-state index is -3.48. The van der Waals surface area contributed by atoms with Gasteiger partial charge in [0.1, 0.15) is 0 Å². The molecule has 0 amide bonds. The molecule has 0 aromatic heterocycles. The molecule has 6 heteroatoms. The first-order valence-electron chi connectivity index (χ1n) is 7.46. The molecule has 0 bridgehead atoms. The van der Waals surface area contributed by atoms with Crippen LogP contribution in [0.1, 0.15) is 45.1 Å². The lowest BCUT2D eigenvalue weighted by Gasteiger charge is -2.22. The average Bonchev–Trinajstić information content (AvgIpc) is 2.47. The normalized spacial score (nSPS) is 12.0. The standard InChI is InChI=1S/C15H25ClN2O2S/c1-3-5-9-18(10-6-4-2)21(19,20)14-8-7-13(12-17)15(16)11-14/h7-8,11H,3-6,9-10,12,17H2,1-2H3. The van der Waals surface area contributed by atoms with Crippen LogP contribution < -0.4 is 5.73 Å². The Labute approximate surface area is 133 Å². The highest BCUT2D eigenvalue weighted by molar-refractivity contribution is 7.89. The zero-order valence-electron chi connectivity index (χ0n) is 12.8. The van der Waals surface area contributed by atoms with E-state index in [0.717, 1.165) is 31.2 Å². The molecule has 1 aromatic carbocycles. The van der Waals surface area contributed by atoms with E-state index >= 15 is 0 Å². The van der Waals surface area contributed by atoms with Crippen molar-refractivity contribution in [1.82, 2.24) is 4.31 Å². The minimum absolute atomic E-state index is 0.247. The minimum Gasteiger partial charge on any atom is -0.326 e. The van der Waals surface area contributed by atoms with Gasteiger partial charge in [-0.15, -0.1) is 0 Å². The van der Waals surface area contributed by atoms with Crippen molar-refractivity contribution in [3.63, 3.8) is 0 Å². The summed E-state index contributed by atoms with van der Waals surface area (Å²) in [5, 5.41) is 0.407. The molecular weight excluding hydrogens is 308 g/mol. The van der Waals surface area contributed by atoms with Crippen molar-refractivity contribution in [2.45, 2.75) is 51.0 Å². The highest BCUT2D eigenvalue weighted by Gasteiger charge is 2.24. The van der Waals surface area contributed by atoms with E-state index in [2.05, 4.69) is 13.8 Å². The second-order valence-electron chi connectivity index (χ2n) is 5.07. The maximum atomic E-state index is 12.7. The lowest BCUT2D eigenvalue weighted by molar-refractivity contribution is 0.395. The zero-order valence-corrected chi connectivity index (χ0v) is 14.4. The van der Waals surface area contributed by atoms with E-state index in [4.69, 9.17) is 17.3 Å². The number of nitrogens with two attached hydrogens (primary N) is 1. The van der Waals surface area contributed by atoms with E-state index in [1.54, 1.807) is 16.4 Å². The largest absolute Gasteiger partial charge is 0.326 e. The van der Waals surface area contributed by atoms with E-state index in [1.807, 2.05) is 0 Å². The molecule has 0 atom stereocenters. The van der Waals surface area contributed by atoms with Crippen LogP contribution in [-0.2, 0) is 16.6 Å². The third-order valence-electron chi connectivity index (χ3n) is 3.40. The van der Waals surface area contributed by atoms with Gasteiger partial charge < -0.3 is 5.73 Å². The molecule has 0 aliphatic heterocycles. The van der Waals surface area contributed by atoms with Gasteiger partial charge in [0.2, 0.25) is 10.0 Å². The number of hydrogen-bond donors (Lipinski definition) is 1. The fourth-order valence-corrected chi connectivity index (χ4v) is 3.89. The van der Waals surface area contributed by atoms with Crippen molar-refractivity contribution < 1.29 is 8.42 Å². The van der Waals surface area contributed by atoms with Gasteiger partial charge in [-0.2, -0.15) is 4.31 Å². The van der Waals surface area contributed by atoms with Crippen LogP contribution in [0, 0.1) is 0 Å². The fourth-order valence-electron chi connectivity index (χ4n) is 2.02. The number of sulfonamides is 1. The first-order chi connectivity index (χ1) is 9.97. The molecule has 0 spiro atoms. The maximum Gasteiger partial charge on any atom is 0.243 e. The predicted octanol–water partition coefficient (Wildman–Crippen LogP) is 3.39. The van der Waals surface area contributed by atoms with Crippen LogP contribution in [0.15, 0.2) is 23.1 Å². The van der Waals surface area contributed by atoms with Gasteiger partial charge in [0, 0.05) is 24.7 Å². The molecule has 1 aromatic rings. The Bertz CT molecular complexity index is 539. The Morgan fingerprint density at radius 3 is 2.14 bits per heavy atom. The van der Waals surface area contributed by atoms with E-state index in [1.165, 1.54) is 6.07 Å². The van der Waals surface area contributed by atoms with Crippen LogP contribution in [-0.4, -0.2) is 25.8 Å². The highest BCUT2D eigenvalue weighted by atomic mass is 35.5. The number of halogens is 1. The summed E-state index contributed by atoms with van der Waals surface area (Å²) in [6, 6.07) is 4.78. The third kappa shape index (κ3) is 4.95. The molecule has 2 N–H and O–H groups in total. The molecule has 0 heterocycles. The molecule has 120 valence electrons. The van der Waals surface area contributed by atoms with Gasteiger partial charge in [-0.05, 0) is 30.5 Å². The molecule has 21 heavy (non-hydrogen) atoms. The van der Waals surface area contributed by atoms with E-state index in [0.29, 0.717) is 24.7 Å². The van der Waals surface area contributed by atoms with Crippen LogP contribution in [0.5, 0.6) is 0 Å². The lowest BCUT2D eigenvalue weighted by Crippen LogP contribution is -2.33. The van der Waals surface area contributed by atoms with Crippen LogP contribution >= 0.6 is 11.6 Å². The number of rotatable bonds is 9. The molecule has 0 radical (unpaired) electrons. The number of hydrogen-bond acceptors (Lipinski definition) is 3. The van der Waals surface area contributed by atoms with Gasteiger partial charge in [0.05, 0.1) is 4.90 Å². The first-order valence-corrected chi connectivity index (χ1v) is 9.27. The van der Waals surface area contributed by atoms with Gasteiger partial charge >= 0.3 is 0 Å². The van der Waals surface area contributed by atoms with E-state index < -0.39 is 10.0 Å². The Balaban J connectivity index is 3.06. The van der Waals surface area contributed by atoms with Crippen molar-refractivity contribution in [3.8, 4) is 0 Å². The Morgan fingerprint density at radius 1 is 1.14 bits per heavy atom. The summed E-state index contributed by atoms with van der Waals surface area (Å²) in [5.74, 6) is 0. The third-order valence-corrected chi connectivity index (χ3v) is 5.65. The summed E-state index contributed by atoms with van der Waals surface area (Å²) in [6.07, 6.45) is 3.64. The van der Waals surface area contributed by atoms with Crippen LogP contribution in [0.2, 0.25) is 5.02 Å². The topological polar surface area (TPSA) is 63.4 Å². The molecule has 0 saturated carbocycles. The molecule has 0 aliphatic carbocycles. The zero-order chi connectivity index (χ0) is 15.9. The molecule has 4 nitrogen and oxygen atoms in total. The molecular formula is C15H25ClN2O2S. The second kappa shape index (κ2) is 8.73.